The predicted molar refractivity (Wildman–Crippen MR) is 67.2 cm³/mol. The number of halogens is 2. The van der Waals surface area contributed by atoms with Gasteiger partial charge in [0.15, 0.2) is 0 Å². The lowest BCUT2D eigenvalue weighted by Crippen LogP contribution is -2.05. The quantitative estimate of drug-likeness (QED) is 0.939. The van der Waals surface area contributed by atoms with E-state index in [0.717, 1.165) is 22.2 Å². The zero-order valence-electron chi connectivity index (χ0n) is 9.45. The van der Waals surface area contributed by atoms with Crippen LogP contribution >= 0.6 is 15.9 Å². The Hall–Kier alpha value is -1.23. The second-order valence-corrected chi connectivity index (χ2v) is 4.85. The molecule has 0 aliphatic carbocycles. The van der Waals surface area contributed by atoms with E-state index in [1.54, 1.807) is 12.3 Å². The van der Waals surface area contributed by atoms with Crippen LogP contribution in [0.2, 0.25) is 0 Å². The van der Waals surface area contributed by atoms with Gasteiger partial charge in [-0.25, -0.2) is 4.39 Å². The van der Waals surface area contributed by atoms with Gasteiger partial charge in [0, 0.05) is 10.9 Å². The van der Waals surface area contributed by atoms with Crippen LogP contribution in [-0.2, 0) is 6.42 Å². The van der Waals surface area contributed by atoms with E-state index in [9.17, 15) is 4.39 Å². The van der Waals surface area contributed by atoms with Gasteiger partial charge in [0.1, 0.15) is 5.82 Å². The predicted octanol–water partition coefficient (Wildman–Crippen LogP) is 3.44. The highest BCUT2D eigenvalue weighted by atomic mass is 79.9. The Bertz CT molecular complexity index is 485. The highest BCUT2D eigenvalue weighted by Gasteiger charge is 2.16. The van der Waals surface area contributed by atoms with E-state index in [4.69, 9.17) is 0 Å². The van der Waals surface area contributed by atoms with Crippen LogP contribution in [0.25, 0.3) is 0 Å². The van der Waals surface area contributed by atoms with Gasteiger partial charge in [-0.05, 0) is 36.1 Å². The van der Waals surface area contributed by atoms with Crippen molar-refractivity contribution in [2.24, 2.45) is 0 Å². The van der Waals surface area contributed by atoms with E-state index in [0.29, 0.717) is 6.42 Å². The molecule has 90 valence electrons. The van der Waals surface area contributed by atoms with Crippen molar-refractivity contribution in [2.45, 2.75) is 25.7 Å². The number of nitrogens with one attached hydrogen (secondary N) is 1. The van der Waals surface area contributed by atoms with Crippen molar-refractivity contribution >= 4 is 15.9 Å². The topological polar surface area (TPSA) is 41.6 Å². The SMILES string of the molecule is CCC(Cc1cn[nH]n1)c1cc(Br)ccc1F. The molecular weight excluding hydrogens is 285 g/mol. The Morgan fingerprint density at radius 3 is 2.94 bits per heavy atom. The lowest BCUT2D eigenvalue weighted by atomic mass is 9.92. The second-order valence-electron chi connectivity index (χ2n) is 3.94. The number of aromatic nitrogens is 3. The van der Waals surface area contributed by atoms with Gasteiger partial charge >= 0.3 is 0 Å². The summed E-state index contributed by atoms with van der Waals surface area (Å²) >= 11 is 3.37. The van der Waals surface area contributed by atoms with Crippen molar-refractivity contribution in [1.29, 1.82) is 0 Å². The van der Waals surface area contributed by atoms with Crippen LogP contribution in [0, 0.1) is 5.82 Å². The van der Waals surface area contributed by atoms with Gasteiger partial charge in [-0.3, -0.25) is 0 Å². The van der Waals surface area contributed by atoms with E-state index in [1.807, 2.05) is 13.0 Å². The standard InChI is InChI=1S/C12H13BrFN3/c1-2-8(5-10-7-15-17-16-10)11-6-9(13)3-4-12(11)14/h3-4,6-8H,2,5H2,1H3,(H,15,16,17). The number of H-pyrrole nitrogens is 1. The number of hydrogen-bond acceptors (Lipinski definition) is 2. The van der Waals surface area contributed by atoms with Gasteiger partial charge in [0.2, 0.25) is 0 Å². The molecule has 5 heteroatoms. The molecule has 1 atom stereocenters. The number of rotatable bonds is 4. The molecule has 0 aliphatic rings. The summed E-state index contributed by atoms with van der Waals surface area (Å²) < 4.78 is 14.7. The Labute approximate surface area is 108 Å². The van der Waals surface area contributed by atoms with Crippen LogP contribution in [0.1, 0.15) is 30.5 Å². The molecule has 0 amide bonds. The minimum atomic E-state index is -0.163. The van der Waals surface area contributed by atoms with Crippen molar-refractivity contribution in [3.63, 3.8) is 0 Å². The molecule has 0 aliphatic heterocycles. The van der Waals surface area contributed by atoms with Crippen molar-refractivity contribution in [1.82, 2.24) is 15.4 Å². The van der Waals surface area contributed by atoms with Gasteiger partial charge in [-0.15, -0.1) is 0 Å². The first-order valence-corrected chi connectivity index (χ1v) is 6.29. The van der Waals surface area contributed by atoms with Gasteiger partial charge in [-0.1, -0.05) is 22.9 Å². The van der Waals surface area contributed by atoms with Crippen LogP contribution in [0.15, 0.2) is 28.9 Å². The number of hydrogen-bond donors (Lipinski definition) is 1. The van der Waals surface area contributed by atoms with Crippen LogP contribution in [0.5, 0.6) is 0 Å². The van der Waals surface area contributed by atoms with Gasteiger partial charge < -0.3 is 0 Å². The third-order valence-electron chi connectivity index (χ3n) is 2.81. The Morgan fingerprint density at radius 1 is 1.47 bits per heavy atom. The van der Waals surface area contributed by atoms with Crippen molar-refractivity contribution in [3.05, 3.63) is 45.9 Å². The third-order valence-corrected chi connectivity index (χ3v) is 3.30. The normalized spacial score (nSPS) is 12.6. The Morgan fingerprint density at radius 2 is 2.29 bits per heavy atom. The number of benzene rings is 1. The van der Waals surface area contributed by atoms with Crippen molar-refractivity contribution < 1.29 is 4.39 Å². The van der Waals surface area contributed by atoms with E-state index in [-0.39, 0.29) is 11.7 Å². The molecule has 17 heavy (non-hydrogen) atoms. The summed E-state index contributed by atoms with van der Waals surface area (Å²) in [6.45, 7) is 2.05. The molecule has 1 unspecified atom stereocenters. The van der Waals surface area contributed by atoms with E-state index in [2.05, 4.69) is 31.3 Å². The molecule has 2 rings (SSSR count). The summed E-state index contributed by atoms with van der Waals surface area (Å²) in [4.78, 5) is 0. The summed E-state index contributed by atoms with van der Waals surface area (Å²) in [6, 6.07) is 5.04. The maximum Gasteiger partial charge on any atom is 0.126 e. The van der Waals surface area contributed by atoms with Crippen LogP contribution in [-0.4, -0.2) is 15.4 Å². The molecule has 0 radical (unpaired) electrons. The molecule has 1 aromatic heterocycles. The molecule has 3 nitrogen and oxygen atoms in total. The molecule has 0 saturated carbocycles. The average molecular weight is 298 g/mol. The maximum atomic E-state index is 13.8. The minimum Gasteiger partial charge on any atom is -0.207 e. The lowest BCUT2D eigenvalue weighted by Gasteiger charge is -2.15. The molecule has 1 heterocycles. The first-order valence-electron chi connectivity index (χ1n) is 5.50. The zero-order chi connectivity index (χ0) is 12.3. The Balaban J connectivity index is 2.25. The Kier molecular flexibility index (Phi) is 3.89. The highest BCUT2D eigenvalue weighted by molar-refractivity contribution is 9.10. The zero-order valence-corrected chi connectivity index (χ0v) is 11.0. The molecule has 1 aromatic carbocycles. The lowest BCUT2D eigenvalue weighted by molar-refractivity contribution is 0.561. The fourth-order valence-electron chi connectivity index (χ4n) is 1.88. The molecular formula is C12H13BrFN3. The highest BCUT2D eigenvalue weighted by Crippen LogP contribution is 2.28. The molecule has 0 bridgehead atoms. The largest absolute Gasteiger partial charge is 0.207 e. The third kappa shape index (κ3) is 2.91. The maximum absolute atomic E-state index is 13.8. The second kappa shape index (κ2) is 5.40. The van der Waals surface area contributed by atoms with Crippen LogP contribution in [0.3, 0.4) is 0 Å². The van der Waals surface area contributed by atoms with Gasteiger partial charge in [0.25, 0.3) is 0 Å². The smallest absolute Gasteiger partial charge is 0.126 e. The summed E-state index contributed by atoms with van der Waals surface area (Å²) in [5, 5.41) is 10.3. The average Bonchev–Trinajstić information content (AvgIpc) is 2.82. The van der Waals surface area contributed by atoms with Crippen LogP contribution in [0.4, 0.5) is 4.39 Å². The molecule has 0 saturated heterocycles. The van der Waals surface area contributed by atoms with Gasteiger partial charge in [0.05, 0.1) is 11.9 Å². The molecule has 0 spiro atoms. The van der Waals surface area contributed by atoms with Crippen molar-refractivity contribution in [3.8, 4) is 0 Å². The summed E-state index contributed by atoms with van der Waals surface area (Å²) in [5.41, 5.74) is 1.58. The van der Waals surface area contributed by atoms with Gasteiger partial charge in [-0.2, -0.15) is 15.4 Å². The molecule has 0 fully saturated rings. The van der Waals surface area contributed by atoms with Crippen LogP contribution < -0.4 is 0 Å². The summed E-state index contributed by atoms with van der Waals surface area (Å²) in [7, 11) is 0. The summed E-state index contributed by atoms with van der Waals surface area (Å²) in [5.74, 6) is -0.0406. The summed E-state index contributed by atoms with van der Waals surface area (Å²) in [6.07, 6.45) is 3.24. The molecule has 2 aromatic rings. The van der Waals surface area contributed by atoms with E-state index in [1.165, 1.54) is 6.07 Å². The first kappa shape index (κ1) is 12.2. The monoisotopic (exact) mass is 297 g/mol. The number of aromatic amines is 1. The minimum absolute atomic E-state index is 0.123. The molecule has 1 N–H and O–H groups in total. The number of nitrogens with zero attached hydrogens (tertiary/aromatic N) is 2. The van der Waals surface area contributed by atoms with E-state index < -0.39 is 0 Å². The van der Waals surface area contributed by atoms with Crippen molar-refractivity contribution in [2.75, 3.05) is 0 Å². The fraction of sp³-hybridized carbons (Fsp3) is 0.333. The first-order chi connectivity index (χ1) is 8.20. The fourth-order valence-corrected chi connectivity index (χ4v) is 2.26. The van der Waals surface area contributed by atoms with E-state index >= 15 is 0 Å².